The lowest BCUT2D eigenvalue weighted by Crippen LogP contribution is -2.30. The number of aromatic nitrogens is 2. The van der Waals surface area contributed by atoms with Gasteiger partial charge >= 0.3 is 5.97 Å². The van der Waals surface area contributed by atoms with Crippen LogP contribution in [0.4, 0.5) is 0 Å². The Hall–Kier alpha value is -1.41. The van der Waals surface area contributed by atoms with Crippen LogP contribution in [0.5, 0.6) is 0 Å². The molecule has 0 aromatic carbocycles. The quantitative estimate of drug-likeness (QED) is 0.699. The first-order valence-corrected chi connectivity index (χ1v) is 7.16. The molecule has 18 heavy (non-hydrogen) atoms. The van der Waals surface area contributed by atoms with Gasteiger partial charge in [0, 0.05) is 18.8 Å². The van der Waals surface area contributed by atoms with Crippen molar-refractivity contribution >= 4 is 16.0 Å². The Labute approximate surface area is 106 Å². The van der Waals surface area contributed by atoms with Crippen molar-refractivity contribution in [1.82, 2.24) is 14.7 Å². The van der Waals surface area contributed by atoms with Crippen LogP contribution in [0.1, 0.15) is 31.6 Å². The molecule has 0 bridgehead atoms. The molecule has 0 saturated carbocycles. The maximum absolute atomic E-state index is 11.7. The summed E-state index contributed by atoms with van der Waals surface area (Å²) in [4.78, 5) is 17.7. The molecule has 8 heteroatoms. The number of ether oxygens (including phenoxy) is 1. The van der Waals surface area contributed by atoms with Gasteiger partial charge in [-0.25, -0.2) is 18.1 Å². The van der Waals surface area contributed by atoms with Gasteiger partial charge in [-0.2, -0.15) is 0 Å². The minimum Gasteiger partial charge on any atom is -0.469 e. The highest BCUT2D eigenvalue weighted by Gasteiger charge is 2.17. The monoisotopic (exact) mass is 275 g/mol. The van der Waals surface area contributed by atoms with E-state index in [1.807, 2.05) is 0 Å². The minimum absolute atomic E-state index is 0.0898. The second-order valence-electron chi connectivity index (χ2n) is 3.81. The molecular weight excluding hydrogens is 258 g/mol. The zero-order valence-corrected chi connectivity index (χ0v) is 11.2. The lowest BCUT2D eigenvalue weighted by Gasteiger charge is -2.11. The Balaban J connectivity index is 2.42. The second-order valence-corrected chi connectivity index (χ2v) is 5.69. The van der Waals surface area contributed by atoms with Crippen LogP contribution in [0.2, 0.25) is 0 Å². The highest BCUT2D eigenvalue weighted by atomic mass is 32.2. The van der Waals surface area contributed by atoms with Crippen molar-refractivity contribution in [1.29, 1.82) is 0 Å². The van der Waals surface area contributed by atoms with Crippen LogP contribution in [0, 0.1) is 0 Å². The molecule has 1 rings (SSSR count). The lowest BCUT2D eigenvalue weighted by atomic mass is 10.3. The Morgan fingerprint density at radius 3 is 2.89 bits per heavy atom. The first-order valence-electron chi connectivity index (χ1n) is 5.50. The molecule has 0 amide bonds. The fraction of sp³-hybridized carbons (Fsp3) is 0.600. The van der Waals surface area contributed by atoms with Crippen molar-refractivity contribution in [2.24, 2.45) is 0 Å². The Morgan fingerprint density at radius 2 is 2.33 bits per heavy atom. The molecule has 0 aliphatic rings. The van der Waals surface area contributed by atoms with Crippen LogP contribution < -0.4 is 4.72 Å². The normalized spacial score (nSPS) is 13.2. The number of nitrogens with one attached hydrogen (secondary N) is 2. The molecular formula is C10H17N3O4S. The number of hydrogen-bond donors (Lipinski definition) is 2. The number of nitrogens with zero attached hydrogens (tertiary/aromatic N) is 1. The summed E-state index contributed by atoms with van der Waals surface area (Å²) in [5.74, 6) is 0.0171. The lowest BCUT2D eigenvalue weighted by molar-refractivity contribution is -0.140. The molecule has 7 nitrogen and oxygen atoms in total. The molecule has 1 atom stereocenters. The Bertz CT molecular complexity index is 469. The summed E-state index contributed by atoms with van der Waals surface area (Å²) in [5.41, 5.74) is 0. The molecule has 0 aliphatic heterocycles. The first-order chi connectivity index (χ1) is 8.44. The highest BCUT2D eigenvalue weighted by Crippen LogP contribution is 2.08. The molecule has 0 saturated heterocycles. The molecule has 1 unspecified atom stereocenters. The summed E-state index contributed by atoms with van der Waals surface area (Å²) in [6, 6.07) is -0.428. The van der Waals surface area contributed by atoms with E-state index in [1.54, 1.807) is 19.3 Å². The van der Waals surface area contributed by atoms with Crippen LogP contribution in [0.25, 0.3) is 0 Å². The third kappa shape index (κ3) is 4.84. The predicted octanol–water partition coefficient (Wildman–Crippen LogP) is 0.343. The van der Waals surface area contributed by atoms with Crippen molar-refractivity contribution < 1.29 is 17.9 Å². The van der Waals surface area contributed by atoms with E-state index in [0.717, 1.165) is 0 Å². The van der Waals surface area contributed by atoms with E-state index in [4.69, 9.17) is 0 Å². The number of carbonyl (C=O) groups excluding carboxylic acids is 1. The van der Waals surface area contributed by atoms with E-state index in [2.05, 4.69) is 19.4 Å². The minimum atomic E-state index is -3.43. The zero-order valence-electron chi connectivity index (χ0n) is 10.3. The van der Waals surface area contributed by atoms with Crippen LogP contribution in [0.15, 0.2) is 12.4 Å². The first kappa shape index (κ1) is 14.7. The summed E-state index contributed by atoms with van der Waals surface area (Å²) < 4.78 is 30.3. The van der Waals surface area contributed by atoms with Gasteiger partial charge in [-0.05, 0) is 13.3 Å². The number of H-pyrrole nitrogens is 1. The van der Waals surface area contributed by atoms with E-state index in [9.17, 15) is 13.2 Å². The number of rotatable bonds is 7. The van der Waals surface area contributed by atoms with Gasteiger partial charge in [0.25, 0.3) is 0 Å². The van der Waals surface area contributed by atoms with E-state index in [-0.39, 0.29) is 18.6 Å². The molecule has 0 spiro atoms. The van der Waals surface area contributed by atoms with Gasteiger partial charge in [0.2, 0.25) is 10.0 Å². The van der Waals surface area contributed by atoms with E-state index in [1.165, 1.54) is 7.11 Å². The van der Waals surface area contributed by atoms with Gasteiger partial charge < -0.3 is 9.72 Å². The molecule has 1 heterocycles. The summed E-state index contributed by atoms with van der Waals surface area (Å²) in [5, 5.41) is 0. The van der Waals surface area contributed by atoms with Crippen LogP contribution in [-0.2, 0) is 19.6 Å². The Morgan fingerprint density at radius 1 is 1.61 bits per heavy atom. The van der Waals surface area contributed by atoms with Gasteiger partial charge in [0.1, 0.15) is 5.82 Å². The smallest absolute Gasteiger partial charge is 0.305 e. The Kier molecular flexibility index (Phi) is 5.29. The van der Waals surface area contributed by atoms with E-state index < -0.39 is 22.0 Å². The largest absolute Gasteiger partial charge is 0.469 e. The highest BCUT2D eigenvalue weighted by molar-refractivity contribution is 7.89. The van der Waals surface area contributed by atoms with Gasteiger partial charge in [-0.15, -0.1) is 0 Å². The van der Waals surface area contributed by atoms with Gasteiger partial charge in [0.15, 0.2) is 0 Å². The standard InChI is InChI=1S/C10H17N3O4S/c1-8(10-11-5-6-12-10)13-18(15,16)7-3-4-9(14)17-2/h5-6,8,13H,3-4,7H2,1-2H3,(H,11,12). The number of methoxy groups -OCH3 is 1. The average Bonchev–Trinajstić information content (AvgIpc) is 2.81. The SMILES string of the molecule is COC(=O)CCCS(=O)(=O)NC(C)c1ncc[nH]1. The molecule has 0 fully saturated rings. The zero-order chi connectivity index (χ0) is 13.6. The fourth-order valence-electron chi connectivity index (χ4n) is 1.41. The number of sulfonamides is 1. The van der Waals surface area contributed by atoms with Crippen molar-refractivity contribution in [2.45, 2.75) is 25.8 Å². The van der Waals surface area contributed by atoms with E-state index >= 15 is 0 Å². The molecule has 1 aromatic rings. The number of imidazole rings is 1. The van der Waals surface area contributed by atoms with E-state index in [0.29, 0.717) is 5.82 Å². The molecule has 0 aliphatic carbocycles. The summed E-state index contributed by atoms with van der Waals surface area (Å²) in [7, 11) is -2.16. The fourth-order valence-corrected chi connectivity index (χ4v) is 2.70. The van der Waals surface area contributed by atoms with Crippen LogP contribution >= 0.6 is 0 Å². The van der Waals surface area contributed by atoms with Crippen molar-refractivity contribution in [3.05, 3.63) is 18.2 Å². The summed E-state index contributed by atoms with van der Waals surface area (Å²) >= 11 is 0. The molecule has 0 radical (unpaired) electrons. The van der Waals surface area contributed by atoms with Crippen LogP contribution in [-0.4, -0.2) is 37.2 Å². The van der Waals surface area contributed by atoms with Crippen molar-refractivity contribution in [3.63, 3.8) is 0 Å². The van der Waals surface area contributed by atoms with Gasteiger partial charge in [-0.1, -0.05) is 0 Å². The predicted molar refractivity (Wildman–Crippen MR) is 65.2 cm³/mol. The van der Waals surface area contributed by atoms with Crippen molar-refractivity contribution in [2.75, 3.05) is 12.9 Å². The van der Waals surface area contributed by atoms with Crippen LogP contribution in [0.3, 0.4) is 0 Å². The topological polar surface area (TPSA) is 101 Å². The number of esters is 1. The summed E-state index contributed by atoms with van der Waals surface area (Å²) in [6.45, 7) is 1.69. The van der Waals surface area contributed by atoms with Crippen molar-refractivity contribution in [3.8, 4) is 0 Å². The average molecular weight is 275 g/mol. The molecule has 102 valence electrons. The third-order valence-electron chi connectivity index (χ3n) is 2.31. The number of hydrogen-bond acceptors (Lipinski definition) is 5. The molecule has 1 aromatic heterocycles. The van der Waals surface area contributed by atoms with Gasteiger partial charge in [-0.3, -0.25) is 4.79 Å². The third-order valence-corrected chi connectivity index (χ3v) is 3.85. The second kappa shape index (κ2) is 6.50. The maximum atomic E-state index is 11.7. The van der Waals surface area contributed by atoms with Gasteiger partial charge in [0.05, 0.1) is 18.9 Å². The maximum Gasteiger partial charge on any atom is 0.305 e. The number of aromatic amines is 1. The summed E-state index contributed by atoms with van der Waals surface area (Å²) in [6.07, 6.45) is 3.49. The number of carbonyl (C=O) groups is 1. The molecule has 2 N–H and O–H groups in total.